The minimum absolute atomic E-state index is 0.292. The molecular formula is C14H24BrN3OS. The summed E-state index contributed by atoms with van der Waals surface area (Å²) in [4.78, 5) is 0. The normalized spacial score (nSPS) is 21.1. The van der Waals surface area contributed by atoms with Crippen LogP contribution in [0, 0.1) is 0 Å². The zero-order chi connectivity index (χ0) is 14.5. The highest BCUT2D eigenvalue weighted by Crippen LogP contribution is 2.25. The fraction of sp³-hybridized carbons (Fsp3) is 0.786. The van der Waals surface area contributed by atoms with Gasteiger partial charge < -0.3 is 10.1 Å². The summed E-state index contributed by atoms with van der Waals surface area (Å²) in [7, 11) is 2.03. The van der Waals surface area contributed by atoms with Crippen molar-refractivity contribution in [3.05, 3.63) is 15.9 Å². The van der Waals surface area contributed by atoms with Gasteiger partial charge in [-0.3, -0.25) is 4.68 Å². The van der Waals surface area contributed by atoms with Gasteiger partial charge in [-0.15, -0.1) is 0 Å². The number of aryl methyl sites for hydroxylation is 2. The Morgan fingerprint density at radius 1 is 1.55 bits per heavy atom. The van der Waals surface area contributed by atoms with E-state index in [4.69, 9.17) is 4.74 Å². The third-order valence-corrected chi connectivity index (χ3v) is 5.61. The second kappa shape index (κ2) is 7.82. The summed E-state index contributed by atoms with van der Waals surface area (Å²) in [6.45, 7) is 6.12. The van der Waals surface area contributed by atoms with Crippen LogP contribution in [0.2, 0.25) is 0 Å². The van der Waals surface area contributed by atoms with Crippen LogP contribution in [-0.4, -0.2) is 46.6 Å². The van der Waals surface area contributed by atoms with Crippen LogP contribution >= 0.6 is 27.7 Å². The monoisotopic (exact) mass is 361 g/mol. The van der Waals surface area contributed by atoms with E-state index < -0.39 is 0 Å². The molecule has 0 spiro atoms. The quantitative estimate of drug-likeness (QED) is 0.844. The summed E-state index contributed by atoms with van der Waals surface area (Å²) in [5.41, 5.74) is 2.39. The Morgan fingerprint density at radius 2 is 2.35 bits per heavy atom. The fourth-order valence-corrected chi connectivity index (χ4v) is 4.31. The Balaban J connectivity index is 2.12. The standard InChI is InChI=1S/C14H24BrN3OS/c1-4-10-14(15)12(18(3)17-10)8-11(16-5-2)13-9-20-7-6-19-13/h11,13,16H,4-9H2,1-3H3. The Hall–Kier alpha value is -0.0400. The van der Waals surface area contributed by atoms with E-state index in [1.165, 1.54) is 5.69 Å². The van der Waals surface area contributed by atoms with Gasteiger partial charge in [-0.25, -0.2) is 0 Å². The van der Waals surface area contributed by atoms with Crippen LogP contribution < -0.4 is 5.32 Å². The van der Waals surface area contributed by atoms with Gasteiger partial charge in [-0.1, -0.05) is 13.8 Å². The van der Waals surface area contributed by atoms with E-state index in [0.717, 1.165) is 47.7 Å². The van der Waals surface area contributed by atoms with Gasteiger partial charge in [0.05, 0.1) is 28.6 Å². The lowest BCUT2D eigenvalue weighted by molar-refractivity contribution is 0.0471. The van der Waals surface area contributed by atoms with Gasteiger partial charge in [0.1, 0.15) is 0 Å². The van der Waals surface area contributed by atoms with Crippen LogP contribution in [0.4, 0.5) is 0 Å². The summed E-state index contributed by atoms with van der Waals surface area (Å²) in [5, 5.41) is 8.17. The predicted molar refractivity (Wildman–Crippen MR) is 88.5 cm³/mol. The first-order chi connectivity index (χ1) is 9.67. The molecule has 6 heteroatoms. The first kappa shape index (κ1) is 16.3. The number of thioether (sulfide) groups is 1. The van der Waals surface area contributed by atoms with Crippen molar-refractivity contribution in [3.63, 3.8) is 0 Å². The summed E-state index contributed by atoms with van der Waals surface area (Å²) in [6.07, 6.45) is 2.19. The molecule has 1 aliphatic heterocycles. The highest BCUT2D eigenvalue weighted by molar-refractivity contribution is 9.10. The molecule has 2 unspecified atom stereocenters. The number of hydrogen-bond acceptors (Lipinski definition) is 4. The highest BCUT2D eigenvalue weighted by Gasteiger charge is 2.26. The summed E-state index contributed by atoms with van der Waals surface area (Å²) in [6, 6.07) is 0.351. The van der Waals surface area contributed by atoms with E-state index in [0.29, 0.717) is 12.1 Å². The van der Waals surface area contributed by atoms with Gasteiger partial charge >= 0.3 is 0 Å². The maximum absolute atomic E-state index is 5.95. The molecule has 0 aliphatic carbocycles. The lowest BCUT2D eigenvalue weighted by Crippen LogP contribution is -2.46. The van der Waals surface area contributed by atoms with Crippen LogP contribution in [0.1, 0.15) is 25.2 Å². The van der Waals surface area contributed by atoms with E-state index >= 15 is 0 Å². The SMILES string of the molecule is CCNC(Cc1c(Br)c(CC)nn1C)C1CSCCO1. The van der Waals surface area contributed by atoms with Crippen molar-refractivity contribution >= 4 is 27.7 Å². The number of nitrogens with one attached hydrogen (secondary N) is 1. The molecule has 1 aromatic rings. The molecule has 1 aliphatic rings. The molecule has 2 heterocycles. The molecule has 1 fully saturated rings. The van der Waals surface area contributed by atoms with Gasteiger partial charge in [0.2, 0.25) is 0 Å². The Morgan fingerprint density at radius 3 is 2.90 bits per heavy atom. The van der Waals surface area contributed by atoms with Gasteiger partial charge in [-0.05, 0) is 28.9 Å². The third kappa shape index (κ3) is 3.78. The number of aromatic nitrogens is 2. The molecular weight excluding hydrogens is 338 g/mol. The van der Waals surface area contributed by atoms with Gasteiger partial charge in [0.15, 0.2) is 0 Å². The maximum atomic E-state index is 5.95. The largest absolute Gasteiger partial charge is 0.375 e. The van der Waals surface area contributed by atoms with Crippen LogP contribution in [0.25, 0.3) is 0 Å². The van der Waals surface area contributed by atoms with Crippen molar-refractivity contribution in [1.82, 2.24) is 15.1 Å². The Bertz CT molecular complexity index is 432. The smallest absolute Gasteiger partial charge is 0.0822 e. The van der Waals surface area contributed by atoms with E-state index in [2.05, 4.69) is 40.2 Å². The highest BCUT2D eigenvalue weighted by atomic mass is 79.9. The molecule has 114 valence electrons. The van der Waals surface area contributed by atoms with E-state index in [-0.39, 0.29) is 0 Å². The number of likely N-dealkylation sites (N-methyl/N-ethyl adjacent to an activating group) is 1. The van der Waals surface area contributed by atoms with Crippen molar-refractivity contribution in [2.24, 2.45) is 7.05 Å². The molecule has 0 bridgehead atoms. The molecule has 2 rings (SSSR count). The molecule has 1 saturated heterocycles. The van der Waals surface area contributed by atoms with Crippen LogP contribution in [0.15, 0.2) is 4.47 Å². The number of halogens is 1. The van der Waals surface area contributed by atoms with Crippen molar-refractivity contribution in [2.75, 3.05) is 24.7 Å². The molecule has 0 radical (unpaired) electrons. The Kier molecular flexibility index (Phi) is 6.39. The summed E-state index contributed by atoms with van der Waals surface area (Å²) >= 11 is 5.70. The molecule has 2 atom stereocenters. The van der Waals surface area contributed by atoms with Crippen LogP contribution in [0.3, 0.4) is 0 Å². The predicted octanol–water partition coefficient (Wildman–Crippen LogP) is 2.40. The third-order valence-electron chi connectivity index (χ3n) is 3.67. The molecule has 20 heavy (non-hydrogen) atoms. The lowest BCUT2D eigenvalue weighted by Gasteiger charge is -2.30. The fourth-order valence-electron chi connectivity index (χ4n) is 2.59. The molecule has 0 saturated carbocycles. The van der Waals surface area contributed by atoms with Crippen molar-refractivity contribution in [1.29, 1.82) is 0 Å². The van der Waals surface area contributed by atoms with E-state index in [9.17, 15) is 0 Å². The maximum Gasteiger partial charge on any atom is 0.0822 e. The molecule has 1 aromatic heterocycles. The zero-order valence-corrected chi connectivity index (χ0v) is 14.9. The van der Waals surface area contributed by atoms with Crippen LogP contribution in [-0.2, 0) is 24.6 Å². The van der Waals surface area contributed by atoms with E-state index in [1.807, 2.05) is 23.5 Å². The summed E-state index contributed by atoms with van der Waals surface area (Å²) < 4.78 is 9.11. The second-order valence-corrected chi connectivity index (χ2v) is 6.98. The zero-order valence-electron chi connectivity index (χ0n) is 12.5. The Labute approximate surface area is 134 Å². The first-order valence-electron chi connectivity index (χ1n) is 7.30. The van der Waals surface area contributed by atoms with Gasteiger partial charge in [0, 0.05) is 31.0 Å². The van der Waals surface area contributed by atoms with Crippen molar-refractivity contribution < 1.29 is 4.74 Å². The average molecular weight is 362 g/mol. The minimum atomic E-state index is 0.292. The minimum Gasteiger partial charge on any atom is -0.375 e. The lowest BCUT2D eigenvalue weighted by atomic mass is 10.1. The molecule has 4 nitrogen and oxygen atoms in total. The van der Waals surface area contributed by atoms with Crippen molar-refractivity contribution in [2.45, 2.75) is 38.8 Å². The summed E-state index contributed by atoms with van der Waals surface area (Å²) in [5.74, 6) is 2.19. The molecule has 0 amide bonds. The van der Waals surface area contributed by atoms with Gasteiger partial charge in [-0.2, -0.15) is 16.9 Å². The number of nitrogens with zero attached hydrogens (tertiary/aromatic N) is 2. The molecule has 0 aromatic carbocycles. The van der Waals surface area contributed by atoms with Crippen molar-refractivity contribution in [3.8, 4) is 0 Å². The van der Waals surface area contributed by atoms with E-state index in [1.54, 1.807) is 0 Å². The number of rotatable bonds is 6. The molecule has 1 N–H and O–H groups in total. The topological polar surface area (TPSA) is 39.1 Å². The average Bonchev–Trinajstić information content (AvgIpc) is 2.75. The van der Waals surface area contributed by atoms with Crippen LogP contribution in [0.5, 0.6) is 0 Å². The van der Waals surface area contributed by atoms with Gasteiger partial charge in [0.25, 0.3) is 0 Å². The number of ether oxygens (including phenoxy) is 1. The first-order valence-corrected chi connectivity index (χ1v) is 9.25. The number of hydrogen-bond donors (Lipinski definition) is 1. The second-order valence-electron chi connectivity index (χ2n) is 5.04.